The van der Waals surface area contributed by atoms with Crippen molar-refractivity contribution in [1.29, 1.82) is 0 Å². The van der Waals surface area contributed by atoms with Gasteiger partial charge >= 0.3 is 6.09 Å². The summed E-state index contributed by atoms with van der Waals surface area (Å²) in [5.74, 6) is -0.252. The van der Waals surface area contributed by atoms with Crippen LogP contribution in [0.15, 0.2) is 0 Å². The number of carbonyl (C=O) groups excluding carboxylic acids is 3. The topological polar surface area (TPSA) is 79.0 Å². The van der Waals surface area contributed by atoms with E-state index in [2.05, 4.69) is 5.32 Å². The second-order valence-corrected chi connectivity index (χ2v) is 7.87. The Morgan fingerprint density at radius 2 is 1.72 bits per heavy atom. The van der Waals surface area contributed by atoms with E-state index < -0.39 is 0 Å². The number of nitrogens with one attached hydrogen (secondary N) is 1. The molecule has 2 heterocycles. The molecule has 25 heavy (non-hydrogen) atoms. The Hall–Kier alpha value is -1.79. The normalized spacial score (nSPS) is 30.7. The lowest BCUT2D eigenvalue weighted by Gasteiger charge is -2.31. The Labute approximate surface area is 148 Å². The summed E-state index contributed by atoms with van der Waals surface area (Å²) in [6.45, 7) is 1.43. The molecule has 7 heteroatoms. The number of nitrogens with zero attached hydrogens (tertiary/aromatic N) is 2. The molecule has 2 saturated carbocycles. The number of carbonyl (C=O) groups is 3. The number of likely N-dealkylation sites (tertiary alicyclic amines) is 1. The van der Waals surface area contributed by atoms with Crippen molar-refractivity contribution >= 4 is 17.9 Å². The summed E-state index contributed by atoms with van der Waals surface area (Å²) < 4.78 is 5.32. The molecule has 2 saturated heterocycles. The second kappa shape index (κ2) is 6.84. The first-order chi connectivity index (χ1) is 12.1. The van der Waals surface area contributed by atoms with Crippen LogP contribution in [0.4, 0.5) is 4.79 Å². The molecule has 0 bridgehead atoms. The van der Waals surface area contributed by atoms with E-state index in [4.69, 9.17) is 4.74 Å². The summed E-state index contributed by atoms with van der Waals surface area (Å²) in [7, 11) is 0. The molecule has 4 rings (SSSR count). The minimum atomic E-state index is -0.274. The van der Waals surface area contributed by atoms with Gasteiger partial charge in [-0.2, -0.15) is 0 Å². The van der Waals surface area contributed by atoms with E-state index in [0.717, 1.165) is 25.7 Å². The van der Waals surface area contributed by atoms with Gasteiger partial charge in [0.05, 0.1) is 19.0 Å². The van der Waals surface area contributed by atoms with Crippen molar-refractivity contribution < 1.29 is 19.1 Å². The molecule has 0 radical (unpaired) electrons. The summed E-state index contributed by atoms with van der Waals surface area (Å²) in [5.41, 5.74) is 0. The lowest BCUT2D eigenvalue weighted by atomic mass is 9.94. The van der Waals surface area contributed by atoms with Gasteiger partial charge < -0.3 is 19.9 Å². The van der Waals surface area contributed by atoms with Gasteiger partial charge in [-0.3, -0.25) is 9.59 Å². The molecule has 138 valence electrons. The number of hydrogen-bond acceptors (Lipinski definition) is 4. The predicted molar refractivity (Wildman–Crippen MR) is 89.7 cm³/mol. The monoisotopic (exact) mass is 349 g/mol. The van der Waals surface area contributed by atoms with Gasteiger partial charge in [-0.15, -0.1) is 0 Å². The highest BCUT2D eigenvalue weighted by Gasteiger charge is 2.42. The molecule has 0 aromatic heterocycles. The van der Waals surface area contributed by atoms with E-state index in [0.29, 0.717) is 38.1 Å². The highest BCUT2D eigenvalue weighted by atomic mass is 16.6. The zero-order valence-electron chi connectivity index (χ0n) is 14.6. The van der Waals surface area contributed by atoms with Crippen LogP contribution in [0.3, 0.4) is 0 Å². The van der Waals surface area contributed by atoms with Gasteiger partial charge in [0.1, 0.15) is 6.10 Å². The maximum atomic E-state index is 12.4. The summed E-state index contributed by atoms with van der Waals surface area (Å²) in [6, 6.07) is 0.659. The molecule has 1 N–H and O–H groups in total. The van der Waals surface area contributed by atoms with Crippen molar-refractivity contribution in [2.75, 3.05) is 19.6 Å². The maximum absolute atomic E-state index is 12.4. The zero-order chi connectivity index (χ0) is 17.4. The van der Waals surface area contributed by atoms with Crippen LogP contribution in [0.25, 0.3) is 0 Å². The number of hydrogen-bond donors (Lipinski definition) is 1. The van der Waals surface area contributed by atoms with E-state index in [-0.39, 0.29) is 29.9 Å². The molecular weight excluding hydrogens is 322 g/mol. The summed E-state index contributed by atoms with van der Waals surface area (Å²) in [4.78, 5) is 40.2. The SMILES string of the molecule is O=C(NCC1CN(C2CC2)C(=O)O1)C1CC(=O)N(C2CCCCC2)C1. The minimum absolute atomic E-state index is 0.0902. The number of ether oxygens (including phenoxy) is 1. The van der Waals surface area contributed by atoms with E-state index >= 15 is 0 Å². The Morgan fingerprint density at radius 1 is 1.00 bits per heavy atom. The average Bonchev–Trinajstić information content (AvgIpc) is 3.29. The molecule has 2 aliphatic heterocycles. The van der Waals surface area contributed by atoms with Gasteiger partial charge in [0.15, 0.2) is 0 Å². The van der Waals surface area contributed by atoms with Crippen LogP contribution in [0.5, 0.6) is 0 Å². The third-order valence-corrected chi connectivity index (χ3v) is 5.94. The van der Waals surface area contributed by atoms with Gasteiger partial charge in [0, 0.05) is 25.0 Å². The summed E-state index contributed by atoms with van der Waals surface area (Å²) in [5, 5.41) is 2.89. The molecule has 2 atom stereocenters. The lowest BCUT2D eigenvalue weighted by molar-refractivity contribution is -0.130. The van der Waals surface area contributed by atoms with Crippen LogP contribution in [-0.4, -0.2) is 65.5 Å². The van der Waals surface area contributed by atoms with Crippen LogP contribution in [0, 0.1) is 5.92 Å². The van der Waals surface area contributed by atoms with Gasteiger partial charge in [-0.25, -0.2) is 4.79 Å². The molecule has 4 fully saturated rings. The molecule has 2 aliphatic carbocycles. The van der Waals surface area contributed by atoms with Gasteiger partial charge in [-0.05, 0) is 25.7 Å². The third-order valence-electron chi connectivity index (χ3n) is 5.94. The molecule has 0 spiro atoms. The molecule has 2 unspecified atom stereocenters. The molecule has 4 aliphatic rings. The van der Waals surface area contributed by atoms with Crippen LogP contribution in [0.2, 0.25) is 0 Å². The predicted octanol–water partition coefficient (Wildman–Crippen LogP) is 1.27. The van der Waals surface area contributed by atoms with Gasteiger partial charge in [0.2, 0.25) is 11.8 Å². The number of amides is 3. The maximum Gasteiger partial charge on any atom is 0.410 e. The van der Waals surface area contributed by atoms with E-state index in [1.807, 2.05) is 4.90 Å². The Kier molecular flexibility index (Phi) is 4.56. The number of cyclic esters (lactones) is 1. The summed E-state index contributed by atoms with van der Waals surface area (Å²) in [6.07, 6.45) is 7.60. The van der Waals surface area contributed by atoms with Gasteiger partial charge in [0.25, 0.3) is 0 Å². The fourth-order valence-electron chi connectivity index (χ4n) is 4.34. The second-order valence-electron chi connectivity index (χ2n) is 7.87. The van der Waals surface area contributed by atoms with E-state index in [1.54, 1.807) is 4.90 Å². The Morgan fingerprint density at radius 3 is 2.44 bits per heavy atom. The van der Waals surface area contributed by atoms with Crippen molar-refractivity contribution in [2.24, 2.45) is 5.92 Å². The highest BCUT2D eigenvalue weighted by Crippen LogP contribution is 2.31. The first kappa shape index (κ1) is 16.7. The average molecular weight is 349 g/mol. The van der Waals surface area contributed by atoms with Crippen molar-refractivity contribution in [1.82, 2.24) is 15.1 Å². The number of rotatable bonds is 5. The smallest absolute Gasteiger partial charge is 0.410 e. The molecule has 0 aromatic carbocycles. The minimum Gasteiger partial charge on any atom is -0.442 e. The summed E-state index contributed by atoms with van der Waals surface area (Å²) >= 11 is 0. The van der Waals surface area contributed by atoms with Crippen LogP contribution >= 0.6 is 0 Å². The quantitative estimate of drug-likeness (QED) is 0.811. The fourth-order valence-corrected chi connectivity index (χ4v) is 4.34. The Balaban J connectivity index is 1.24. The van der Waals surface area contributed by atoms with Crippen molar-refractivity contribution in [3.63, 3.8) is 0 Å². The van der Waals surface area contributed by atoms with Crippen molar-refractivity contribution in [2.45, 2.75) is 69.6 Å². The molecular formula is C18H27N3O4. The van der Waals surface area contributed by atoms with Crippen LogP contribution < -0.4 is 5.32 Å². The lowest BCUT2D eigenvalue weighted by Crippen LogP contribution is -2.41. The van der Waals surface area contributed by atoms with Gasteiger partial charge in [-0.1, -0.05) is 19.3 Å². The largest absolute Gasteiger partial charge is 0.442 e. The van der Waals surface area contributed by atoms with E-state index in [9.17, 15) is 14.4 Å². The fraction of sp³-hybridized carbons (Fsp3) is 0.833. The van der Waals surface area contributed by atoms with E-state index in [1.165, 1.54) is 19.3 Å². The Bertz CT molecular complexity index is 557. The highest BCUT2D eigenvalue weighted by molar-refractivity contribution is 5.89. The van der Waals surface area contributed by atoms with Crippen LogP contribution in [0.1, 0.15) is 51.4 Å². The standard InChI is InChI=1S/C18H27N3O4/c22-16-8-12(10-20(16)13-4-2-1-3-5-13)17(23)19-9-15-11-21(14-6-7-14)18(24)25-15/h12-15H,1-11H2,(H,19,23). The first-order valence-electron chi connectivity index (χ1n) is 9.66. The molecule has 0 aromatic rings. The zero-order valence-corrected chi connectivity index (χ0v) is 14.6. The molecule has 7 nitrogen and oxygen atoms in total. The van der Waals surface area contributed by atoms with Crippen molar-refractivity contribution in [3.05, 3.63) is 0 Å². The first-order valence-corrected chi connectivity index (χ1v) is 9.66. The third kappa shape index (κ3) is 3.60. The van der Waals surface area contributed by atoms with Crippen LogP contribution in [-0.2, 0) is 14.3 Å². The van der Waals surface area contributed by atoms with Crippen molar-refractivity contribution in [3.8, 4) is 0 Å². The molecule has 3 amide bonds.